The van der Waals surface area contributed by atoms with Gasteiger partial charge in [-0.2, -0.15) is 5.10 Å². The maximum atomic E-state index is 13.3. The third-order valence-electron chi connectivity index (χ3n) is 7.07. The highest BCUT2D eigenvalue weighted by Gasteiger charge is 2.35. The number of rotatable bonds is 3. The summed E-state index contributed by atoms with van der Waals surface area (Å²) in [5.41, 5.74) is 4.43. The van der Waals surface area contributed by atoms with E-state index in [4.69, 9.17) is 5.10 Å². The number of nitrogens with one attached hydrogen (secondary N) is 1. The molecule has 0 aliphatic carbocycles. The van der Waals surface area contributed by atoms with Gasteiger partial charge in [0.1, 0.15) is 5.82 Å². The lowest BCUT2D eigenvalue weighted by Gasteiger charge is -2.42. The molecule has 8 heteroatoms. The highest BCUT2D eigenvalue weighted by molar-refractivity contribution is 5.54. The Balaban J connectivity index is 1.24. The molecule has 31 heavy (non-hydrogen) atoms. The van der Waals surface area contributed by atoms with Gasteiger partial charge in [0.15, 0.2) is 0 Å². The van der Waals surface area contributed by atoms with Crippen molar-refractivity contribution in [3.05, 3.63) is 58.0 Å². The van der Waals surface area contributed by atoms with Gasteiger partial charge in [0.25, 0.3) is 5.56 Å². The molecule has 3 aromatic rings. The van der Waals surface area contributed by atoms with Crippen LogP contribution in [0, 0.1) is 5.92 Å². The molecule has 1 fully saturated rings. The zero-order valence-corrected chi connectivity index (χ0v) is 18.0. The summed E-state index contributed by atoms with van der Waals surface area (Å²) in [6.07, 6.45) is 5.93. The number of aromatic nitrogens is 5. The summed E-state index contributed by atoms with van der Waals surface area (Å²) in [6.45, 7) is 6.67. The number of nitrogens with zero attached hydrogens (tertiary/aromatic N) is 6. The Bertz CT molecular complexity index is 1150. The third kappa shape index (κ3) is 3.34. The molecular weight excluding hydrogens is 390 g/mol. The molecule has 0 saturated carbocycles. The topological polar surface area (TPSA) is 72.9 Å². The number of likely N-dealkylation sites (tertiary alicyclic amines) is 1. The Morgan fingerprint density at radius 3 is 3.03 bits per heavy atom. The summed E-state index contributed by atoms with van der Waals surface area (Å²) < 4.78 is 6.11. The van der Waals surface area contributed by atoms with Crippen LogP contribution in [0.4, 0.5) is 0 Å². The Hall–Kier alpha value is -2.71. The van der Waals surface area contributed by atoms with Crippen LogP contribution in [0.15, 0.2) is 35.4 Å². The van der Waals surface area contributed by atoms with Gasteiger partial charge in [0, 0.05) is 70.3 Å². The molecule has 2 bridgehead atoms. The van der Waals surface area contributed by atoms with Gasteiger partial charge in [-0.3, -0.25) is 14.4 Å². The van der Waals surface area contributed by atoms with Crippen LogP contribution in [0.1, 0.15) is 35.8 Å². The average Bonchev–Trinajstić information content (AvgIpc) is 3.28. The second-order valence-corrected chi connectivity index (χ2v) is 9.32. The highest BCUT2D eigenvalue weighted by atomic mass is 16.1. The average molecular weight is 420 g/mol. The van der Waals surface area contributed by atoms with Crippen LogP contribution in [0.2, 0.25) is 0 Å². The van der Waals surface area contributed by atoms with Gasteiger partial charge in [-0.05, 0) is 43.5 Å². The second kappa shape index (κ2) is 7.46. The van der Waals surface area contributed by atoms with E-state index in [1.54, 1.807) is 6.20 Å². The number of hydrogen-bond donors (Lipinski definition) is 1. The van der Waals surface area contributed by atoms with E-state index in [9.17, 15) is 4.79 Å². The van der Waals surface area contributed by atoms with E-state index in [1.807, 2.05) is 28.4 Å². The number of piperidine rings is 1. The van der Waals surface area contributed by atoms with Gasteiger partial charge in [0.05, 0.1) is 17.0 Å². The first kappa shape index (κ1) is 19.0. The van der Waals surface area contributed by atoms with Gasteiger partial charge in [-0.25, -0.2) is 4.98 Å². The molecule has 0 aromatic carbocycles. The van der Waals surface area contributed by atoms with E-state index in [0.717, 1.165) is 58.1 Å². The summed E-state index contributed by atoms with van der Waals surface area (Å²) in [5, 5.41) is 8.35. The number of imidazole rings is 1. The van der Waals surface area contributed by atoms with Crippen LogP contribution < -0.4 is 10.9 Å². The molecule has 0 spiro atoms. The summed E-state index contributed by atoms with van der Waals surface area (Å²) in [4.78, 5) is 20.2. The van der Waals surface area contributed by atoms with Crippen molar-refractivity contribution in [1.82, 2.24) is 34.1 Å². The lowest BCUT2D eigenvalue weighted by molar-refractivity contribution is 0.113. The van der Waals surface area contributed by atoms with Crippen LogP contribution in [-0.4, -0.2) is 48.4 Å². The van der Waals surface area contributed by atoms with Crippen LogP contribution in [0.3, 0.4) is 0 Å². The largest absolute Gasteiger partial charge is 0.334 e. The monoisotopic (exact) mass is 419 g/mol. The van der Waals surface area contributed by atoms with Gasteiger partial charge < -0.3 is 14.5 Å². The van der Waals surface area contributed by atoms with E-state index in [1.165, 1.54) is 23.5 Å². The lowest BCUT2D eigenvalue weighted by Crippen LogP contribution is -2.47. The zero-order chi connectivity index (χ0) is 20.9. The lowest BCUT2D eigenvalue weighted by atomic mass is 9.83. The van der Waals surface area contributed by atoms with Crippen molar-refractivity contribution in [3.63, 3.8) is 0 Å². The summed E-state index contributed by atoms with van der Waals surface area (Å²) >= 11 is 0. The van der Waals surface area contributed by atoms with Gasteiger partial charge >= 0.3 is 0 Å². The molecular formula is C23H29N7O. The predicted octanol–water partition coefficient (Wildman–Crippen LogP) is 1.56. The van der Waals surface area contributed by atoms with E-state index < -0.39 is 0 Å². The number of fused-ring (bicyclic) bond motifs is 5. The number of hydrogen-bond acceptors (Lipinski definition) is 5. The maximum Gasteiger partial charge on any atom is 0.261 e. The molecule has 162 valence electrons. The fourth-order valence-electron chi connectivity index (χ4n) is 5.70. The highest BCUT2D eigenvalue weighted by Crippen LogP contribution is 2.36. The summed E-state index contributed by atoms with van der Waals surface area (Å²) in [6, 6.07) is 6.38. The second-order valence-electron chi connectivity index (χ2n) is 9.32. The zero-order valence-electron chi connectivity index (χ0n) is 18.0. The van der Waals surface area contributed by atoms with Crippen LogP contribution in [0.25, 0.3) is 11.4 Å². The third-order valence-corrected chi connectivity index (χ3v) is 7.07. The van der Waals surface area contributed by atoms with Crippen molar-refractivity contribution in [1.29, 1.82) is 0 Å². The quantitative estimate of drug-likeness (QED) is 0.698. The normalized spacial score (nSPS) is 23.3. The van der Waals surface area contributed by atoms with E-state index in [-0.39, 0.29) is 5.56 Å². The standard InChI is InChI=1S/C23H29N7O/c1-27-8-6-25-22(27)20-3-4-21-17-9-16(13-29(21)23(20)31)12-28(14-17)15-18-10-19-11-24-5-2-7-30(19)26-18/h3-4,6,8,10,16-17,24H,2,5,7,9,11-15H2,1H3/t16-,17+/m0/s1. The van der Waals surface area contributed by atoms with E-state index >= 15 is 0 Å². The molecule has 3 aliphatic heterocycles. The first-order chi connectivity index (χ1) is 15.2. The molecule has 0 unspecified atom stereocenters. The van der Waals surface area contributed by atoms with Gasteiger partial charge in [0.2, 0.25) is 0 Å². The first-order valence-corrected chi connectivity index (χ1v) is 11.4. The Morgan fingerprint density at radius 2 is 2.16 bits per heavy atom. The first-order valence-electron chi connectivity index (χ1n) is 11.4. The van der Waals surface area contributed by atoms with Crippen LogP contribution >= 0.6 is 0 Å². The van der Waals surface area contributed by atoms with E-state index in [2.05, 4.69) is 32.0 Å². The van der Waals surface area contributed by atoms with Crippen molar-refractivity contribution in [2.24, 2.45) is 13.0 Å². The SMILES string of the molecule is Cn1ccnc1-c1ccc2n(c1=O)C[C@H]1C[C@@H]2CN(Cc2cc3n(n2)CCCNC3)C1. The molecule has 6 rings (SSSR count). The van der Waals surface area contributed by atoms with Crippen LogP contribution in [0.5, 0.6) is 0 Å². The Labute approximate surface area is 181 Å². The smallest absolute Gasteiger partial charge is 0.261 e. The minimum absolute atomic E-state index is 0.0975. The molecule has 0 radical (unpaired) electrons. The number of aryl methyl sites for hydroxylation is 2. The van der Waals surface area contributed by atoms with Crippen molar-refractivity contribution in [2.45, 2.75) is 44.9 Å². The minimum Gasteiger partial charge on any atom is -0.334 e. The molecule has 0 amide bonds. The van der Waals surface area contributed by atoms with Crippen molar-refractivity contribution < 1.29 is 0 Å². The van der Waals surface area contributed by atoms with E-state index in [0.29, 0.717) is 17.4 Å². The van der Waals surface area contributed by atoms with Gasteiger partial charge in [-0.1, -0.05) is 0 Å². The van der Waals surface area contributed by atoms with Crippen molar-refractivity contribution in [2.75, 3.05) is 19.6 Å². The Kier molecular flexibility index (Phi) is 4.57. The van der Waals surface area contributed by atoms with Crippen molar-refractivity contribution in [3.8, 4) is 11.4 Å². The molecule has 3 aliphatic rings. The number of pyridine rings is 1. The molecule has 1 N–H and O–H groups in total. The summed E-state index contributed by atoms with van der Waals surface area (Å²) in [7, 11) is 1.93. The Morgan fingerprint density at radius 1 is 1.23 bits per heavy atom. The van der Waals surface area contributed by atoms with Crippen molar-refractivity contribution >= 4 is 0 Å². The molecule has 6 heterocycles. The fourth-order valence-corrected chi connectivity index (χ4v) is 5.70. The molecule has 3 aromatic heterocycles. The molecule has 2 atom stereocenters. The minimum atomic E-state index is 0.0975. The predicted molar refractivity (Wildman–Crippen MR) is 118 cm³/mol. The maximum absolute atomic E-state index is 13.3. The van der Waals surface area contributed by atoms with Gasteiger partial charge in [-0.15, -0.1) is 0 Å². The fraction of sp³-hybridized carbons (Fsp3) is 0.522. The summed E-state index contributed by atoms with van der Waals surface area (Å²) in [5.74, 6) is 1.65. The van der Waals surface area contributed by atoms with Crippen LogP contribution in [-0.2, 0) is 33.2 Å². The molecule has 8 nitrogen and oxygen atoms in total. The molecule has 1 saturated heterocycles.